The highest BCUT2D eigenvalue weighted by molar-refractivity contribution is 5.20. The van der Waals surface area contributed by atoms with Crippen LogP contribution in [-0.2, 0) is 6.42 Å². The Balaban J connectivity index is 2.00. The van der Waals surface area contributed by atoms with Crippen molar-refractivity contribution in [2.24, 2.45) is 5.92 Å². The van der Waals surface area contributed by atoms with Crippen molar-refractivity contribution in [3.05, 3.63) is 29.1 Å². The molecule has 2 heteroatoms. The topological polar surface area (TPSA) is 16.1 Å². The van der Waals surface area contributed by atoms with Crippen LogP contribution >= 0.6 is 0 Å². The second kappa shape index (κ2) is 5.63. The summed E-state index contributed by atoms with van der Waals surface area (Å²) in [6.07, 6.45) is 3.97. The van der Waals surface area contributed by atoms with Gasteiger partial charge >= 0.3 is 0 Å². The lowest BCUT2D eigenvalue weighted by molar-refractivity contribution is 0.182. The lowest BCUT2D eigenvalue weighted by Crippen LogP contribution is -2.35. The fourth-order valence-electron chi connectivity index (χ4n) is 2.98. The third-order valence-corrected chi connectivity index (χ3v) is 3.72. The van der Waals surface area contributed by atoms with Crippen LogP contribution in [-0.4, -0.2) is 29.5 Å². The number of nitrogens with zero attached hydrogens (tertiary/aromatic N) is 2. The third-order valence-electron chi connectivity index (χ3n) is 3.72. The lowest BCUT2D eigenvalue weighted by atomic mass is 9.91. The van der Waals surface area contributed by atoms with E-state index in [9.17, 15) is 0 Å². The van der Waals surface area contributed by atoms with Gasteiger partial charge in [0.15, 0.2) is 0 Å². The van der Waals surface area contributed by atoms with E-state index in [1.807, 2.05) is 0 Å². The van der Waals surface area contributed by atoms with Gasteiger partial charge in [-0.1, -0.05) is 6.92 Å². The van der Waals surface area contributed by atoms with Gasteiger partial charge in [0.05, 0.1) is 0 Å². The van der Waals surface area contributed by atoms with Crippen LogP contribution in [0.25, 0.3) is 0 Å². The average molecular weight is 232 g/mol. The number of aryl methyl sites for hydroxylation is 2. The number of rotatable bonds is 3. The lowest BCUT2D eigenvalue weighted by Gasteiger charge is -2.32. The summed E-state index contributed by atoms with van der Waals surface area (Å²) in [5, 5.41) is 0. The zero-order chi connectivity index (χ0) is 12.3. The SMILES string of the molecule is CCN1CCCC(Cc2cc(C)nc(C)c2)C1. The molecular weight excluding hydrogens is 208 g/mol. The highest BCUT2D eigenvalue weighted by Gasteiger charge is 2.19. The predicted molar refractivity (Wildman–Crippen MR) is 72.3 cm³/mol. The summed E-state index contributed by atoms with van der Waals surface area (Å²) in [6.45, 7) is 10.2. The molecule has 0 bridgehead atoms. The largest absolute Gasteiger partial charge is 0.303 e. The Morgan fingerprint density at radius 3 is 2.65 bits per heavy atom. The molecule has 1 aromatic rings. The second-order valence-corrected chi connectivity index (χ2v) is 5.36. The molecule has 17 heavy (non-hydrogen) atoms. The number of pyridine rings is 1. The molecule has 1 aliphatic heterocycles. The van der Waals surface area contributed by atoms with E-state index in [-0.39, 0.29) is 0 Å². The molecule has 0 N–H and O–H groups in total. The first-order valence-corrected chi connectivity index (χ1v) is 6.84. The maximum Gasteiger partial charge on any atom is 0.0378 e. The first kappa shape index (κ1) is 12.6. The molecule has 0 saturated carbocycles. The molecule has 1 unspecified atom stereocenters. The van der Waals surface area contributed by atoms with Crippen LogP contribution in [0.2, 0.25) is 0 Å². The predicted octanol–water partition coefficient (Wildman–Crippen LogP) is 2.97. The summed E-state index contributed by atoms with van der Waals surface area (Å²) < 4.78 is 0. The summed E-state index contributed by atoms with van der Waals surface area (Å²) in [4.78, 5) is 7.03. The minimum Gasteiger partial charge on any atom is -0.303 e. The molecule has 0 aliphatic carbocycles. The molecule has 1 saturated heterocycles. The molecule has 2 heterocycles. The van der Waals surface area contributed by atoms with Gasteiger partial charge in [-0.2, -0.15) is 0 Å². The Labute approximate surface area is 105 Å². The normalized spacial score (nSPS) is 21.7. The Hall–Kier alpha value is -0.890. The van der Waals surface area contributed by atoms with E-state index in [4.69, 9.17) is 0 Å². The van der Waals surface area contributed by atoms with Gasteiger partial charge in [0.25, 0.3) is 0 Å². The third kappa shape index (κ3) is 3.53. The number of likely N-dealkylation sites (tertiary alicyclic amines) is 1. The monoisotopic (exact) mass is 232 g/mol. The number of hydrogen-bond acceptors (Lipinski definition) is 2. The van der Waals surface area contributed by atoms with E-state index in [0.29, 0.717) is 0 Å². The van der Waals surface area contributed by atoms with Gasteiger partial charge < -0.3 is 4.90 Å². The Kier molecular flexibility index (Phi) is 4.16. The maximum atomic E-state index is 4.45. The van der Waals surface area contributed by atoms with Crippen LogP contribution in [0.4, 0.5) is 0 Å². The van der Waals surface area contributed by atoms with Crippen LogP contribution in [0.15, 0.2) is 12.1 Å². The quantitative estimate of drug-likeness (QED) is 0.796. The van der Waals surface area contributed by atoms with Crippen molar-refractivity contribution < 1.29 is 0 Å². The minimum absolute atomic E-state index is 0.838. The van der Waals surface area contributed by atoms with Gasteiger partial charge in [0, 0.05) is 17.9 Å². The van der Waals surface area contributed by atoms with E-state index >= 15 is 0 Å². The fourth-order valence-corrected chi connectivity index (χ4v) is 2.98. The van der Waals surface area contributed by atoms with Gasteiger partial charge in [0.1, 0.15) is 0 Å². The van der Waals surface area contributed by atoms with Gasteiger partial charge in [0.2, 0.25) is 0 Å². The Morgan fingerprint density at radius 1 is 1.29 bits per heavy atom. The van der Waals surface area contributed by atoms with E-state index in [1.54, 1.807) is 0 Å². The molecule has 1 fully saturated rings. The molecule has 1 aromatic heterocycles. The molecule has 1 atom stereocenters. The summed E-state index contributed by atoms with van der Waals surface area (Å²) in [6, 6.07) is 4.50. The van der Waals surface area contributed by atoms with E-state index in [2.05, 4.69) is 42.8 Å². The average Bonchev–Trinajstić information content (AvgIpc) is 2.28. The first-order chi connectivity index (χ1) is 8.17. The van der Waals surface area contributed by atoms with Crippen molar-refractivity contribution in [3.63, 3.8) is 0 Å². The Bertz CT molecular complexity index is 353. The van der Waals surface area contributed by atoms with Crippen LogP contribution in [0.5, 0.6) is 0 Å². The summed E-state index contributed by atoms with van der Waals surface area (Å²) in [5.41, 5.74) is 3.78. The van der Waals surface area contributed by atoms with Gasteiger partial charge in [-0.15, -0.1) is 0 Å². The van der Waals surface area contributed by atoms with Gasteiger partial charge in [-0.05, 0) is 69.8 Å². The zero-order valence-electron chi connectivity index (χ0n) is 11.4. The Morgan fingerprint density at radius 2 is 2.00 bits per heavy atom. The fraction of sp³-hybridized carbons (Fsp3) is 0.667. The molecule has 2 nitrogen and oxygen atoms in total. The van der Waals surface area contributed by atoms with Crippen LogP contribution in [0.3, 0.4) is 0 Å². The van der Waals surface area contributed by atoms with Crippen molar-refractivity contribution in [1.29, 1.82) is 0 Å². The molecular formula is C15H24N2. The van der Waals surface area contributed by atoms with Crippen LogP contribution < -0.4 is 0 Å². The first-order valence-electron chi connectivity index (χ1n) is 6.84. The van der Waals surface area contributed by atoms with Crippen molar-refractivity contribution in [3.8, 4) is 0 Å². The number of hydrogen-bond donors (Lipinski definition) is 0. The summed E-state index contributed by atoms with van der Waals surface area (Å²) in [5.74, 6) is 0.838. The van der Waals surface area contributed by atoms with E-state index < -0.39 is 0 Å². The molecule has 0 radical (unpaired) electrons. The highest BCUT2D eigenvalue weighted by atomic mass is 15.1. The van der Waals surface area contributed by atoms with Gasteiger partial charge in [-0.25, -0.2) is 0 Å². The van der Waals surface area contributed by atoms with E-state index in [0.717, 1.165) is 17.3 Å². The second-order valence-electron chi connectivity index (χ2n) is 5.36. The molecule has 94 valence electrons. The molecule has 0 amide bonds. The summed E-state index contributed by atoms with van der Waals surface area (Å²) >= 11 is 0. The van der Waals surface area contributed by atoms with Crippen LogP contribution in [0, 0.1) is 19.8 Å². The van der Waals surface area contributed by atoms with Crippen molar-refractivity contribution in [2.45, 2.75) is 40.0 Å². The molecule has 0 aromatic carbocycles. The zero-order valence-corrected chi connectivity index (χ0v) is 11.4. The molecule has 1 aliphatic rings. The highest BCUT2D eigenvalue weighted by Crippen LogP contribution is 2.21. The van der Waals surface area contributed by atoms with Crippen LogP contribution in [0.1, 0.15) is 36.7 Å². The standard InChI is InChI=1S/C15H24N2/c1-4-17-7-5-6-14(11-17)10-15-8-12(2)16-13(3)9-15/h8-9,14H,4-7,10-11H2,1-3H3. The molecule has 2 rings (SSSR count). The number of aromatic nitrogens is 1. The smallest absolute Gasteiger partial charge is 0.0378 e. The van der Waals surface area contributed by atoms with E-state index in [1.165, 1.54) is 44.5 Å². The number of piperidine rings is 1. The van der Waals surface area contributed by atoms with Crippen molar-refractivity contribution in [1.82, 2.24) is 9.88 Å². The van der Waals surface area contributed by atoms with Crippen molar-refractivity contribution in [2.75, 3.05) is 19.6 Å². The molecule has 0 spiro atoms. The summed E-state index contributed by atoms with van der Waals surface area (Å²) in [7, 11) is 0. The maximum absolute atomic E-state index is 4.45. The minimum atomic E-state index is 0.838. The van der Waals surface area contributed by atoms with Gasteiger partial charge in [-0.3, -0.25) is 4.98 Å². The van der Waals surface area contributed by atoms with Crippen molar-refractivity contribution >= 4 is 0 Å².